The van der Waals surface area contributed by atoms with Crippen molar-refractivity contribution in [3.05, 3.63) is 50.3 Å². The van der Waals surface area contributed by atoms with Gasteiger partial charge in [-0.05, 0) is 18.9 Å². The fourth-order valence-corrected chi connectivity index (χ4v) is 3.35. The largest absolute Gasteiger partial charge is 0.371 e. The standard InChI is InChI=1S/C15H16N4O3S/c1-17-8-9-23-15(17)16-14(20)12-10-11(19(21)22)4-5-13(12)18-6-2-3-7-18/h4-5,8-10H,2-3,6-7H2,1H3. The Kier molecular flexibility index (Phi) is 4.24. The zero-order chi connectivity index (χ0) is 16.4. The van der Waals surface area contributed by atoms with E-state index in [1.54, 1.807) is 17.7 Å². The number of benzene rings is 1. The molecule has 0 N–H and O–H groups in total. The average molecular weight is 332 g/mol. The average Bonchev–Trinajstić information content (AvgIpc) is 3.19. The summed E-state index contributed by atoms with van der Waals surface area (Å²) in [5, 5.41) is 12.9. The molecule has 0 atom stereocenters. The molecule has 0 bridgehead atoms. The molecule has 23 heavy (non-hydrogen) atoms. The fourth-order valence-electron chi connectivity index (χ4n) is 2.62. The summed E-state index contributed by atoms with van der Waals surface area (Å²) < 4.78 is 1.75. The maximum absolute atomic E-state index is 12.6. The van der Waals surface area contributed by atoms with Crippen LogP contribution in [0.5, 0.6) is 0 Å². The third-order valence-corrected chi connectivity index (χ3v) is 4.67. The zero-order valence-electron chi connectivity index (χ0n) is 12.6. The van der Waals surface area contributed by atoms with Crippen molar-refractivity contribution in [2.75, 3.05) is 18.0 Å². The summed E-state index contributed by atoms with van der Waals surface area (Å²) in [5.74, 6) is -0.450. The van der Waals surface area contributed by atoms with Crippen molar-refractivity contribution in [3.8, 4) is 0 Å². The number of carbonyl (C=O) groups excluding carboxylic acids is 1. The van der Waals surface area contributed by atoms with Crippen LogP contribution in [0.3, 0.4) is 0 Å². The van der Waals surface area contributed by atoms with Crippen molar-refractivity contribution >= 4 is 28.6 Å². The van der Waals surface area contributed by atoms with Crippen LogP contribution in [0, 0.1) is 10.1 Å². The van der Waals surface area contributed by atoms with Crippen LogP contribution in [0.4, 0.5) is 11.4 Å². The monoisotopic (exact) mass is 332 g/mol. The molecule has 2 heterocycles. The van der Waals surface area contributed by atoms with Crippen LogP contribution >= 0.6 is 11.3 Å². The zero-order valence-corrected chi connectivity index (χ0v) is 13.5. The van der Waals surface area contributed by atoms with Gasteiger partial charge in [-0.15, -0.1) is 11.3 Å². The van der Waals surface area contributed by atoms with E-state index >= 15 is 0 Å². The minimum absolute atomic E-state index is 0.0953. The second-order valence-electron chi connectivity index (χ2n) is 5.37. The number of aryl methyl sites for hydroxylation is 1. The number of hydrogen-bond acceptors (Lipinski definition) is 5. The van der Waals surface area contributed by atoms with E-state index in [1.165, 1.54) is 23.5 Å². The third-order valence-electron chi connectivity index (χ3n) is 3.82. The van der Waals surface area contributed by atoms with Crippen LogP contribution in [-0.4, -0.2) is 28.5 Å². The lowest BCUT2D eigenvalue weighted by atomic mass is 10.1. The second kappa shape index (κ2) is 6.33. The number of nitro groups is 1. The van der Waals surface area contributed by atoms with Gasteiger partial charge in [-0.1, -0.05) is 0 Å². The van der Waals surface area contributed by atoms with Crippen LogP contribution in [0.1, 0.15) is 23.2 Å². The first kappa shape index (κ1) is 15.4. The molecule has 0 saturated carbocycles. The third kappa shape index (κ3) is 3.16. The number of nitrogens with zero attached hydrogens (tertiary/aromatic N) is 4. The summed E-state index contributed by atoms with van der Waals surface area (Å²) in [7, 11) is 1.80. The number of rotatable bonds is 3. The highest BCUT2D eigenvalue weighted by atomic mass is 32.1. The van der Waals surface area contributed by atoms with E-state index in [2.05, 4.69) is 9.89 Å². The maximum Gasteiger partial charge on any atom is 0.282 e. The van der Waals surface area contributed by atoms with Gasteiger partial charge in [0.1, 0.15) is 0 Å². The Balaban J connectivity index is 2.07. The summed E-state index contributed by atoms with van der Waals surface area (Å²) in [5.41, 5.74) is 0.914. The van der Waals surface area contributed by atoms with E-state index in [9.17, 15) is 14.9 Å². The molecule has 1 saturated heterocycles. The predicted octanol–water partition coefficient (Wildman–Crippen LogP) is 2.34. The topological polar surface area (TPSA) is 80.7 Å². The molecule has 1 amide bonds. The highest BCUT2D eigenvalue weighted by Crippen LogP contribution is 2.28. The molecule has 2 aromatic rings. The Labute approximate surface area is 136 Å². The van der Waals surface area contributed by atoms with Crippen molar-refractivity contribution in [3.63, 3.8) is 0 Å². The second-order valence-corrected chi connectivity index (χ2v) is 6.24. The Hall–Kier alpha value is -2.48. The van der Waals surface area contributed by atoms with E-state index in [0.29, 0.717) is 4.80 Å². The number of nitro benzene ring substituents is 1. The van der Waals surface area contributed by atoms with Crippen LogP contribution in [0.2, 0.25) is 0 Å². The summed E-state index contributed by atoms with van der Waals surface area (Å²) >= 11 is 1.35. The molecular weight excluding hydrogens is 316 g/mol. The first-order chi connectivity index (χ1) is 11.1. The molecule has 1 aromatic carbocycles. The number of anilines is 1. The lowest BCUT2D eigenvalue weighted by Crippen LogP contribution is -2.21. The summed E-state index contributed by atoms with van der Waals surface area (Å²) in [6.07, 6.45) is 3.93. The number of non-ortho nitro benzene ring substituents is 1. The van der Waals surface area contributed by atoms with Gasteiger partial charge in [-0.2, -0.15) is 4.99 Å². The van der Waals surface area contributed by atoms with Gasteiger partial charge in [0.15, 0.2) is 4.80 Å². The highest BCUT2D eigenvalue weighted by Gasteiger charge is 2.22. The number of carbonyl (C=O) groups is 1. The van der Waals surface area contributed by atoms with Gasteiger partial charge in [-0.3, -0.25) is 14.9 Å². The first-order valence-corrected chi connectivity index (χ1v) is 8.17. The molecule has 0 aliphatic carbocycles. The number of amides is 1. The van der Waals surface area contributed by atoms with E-state index in [1.807, 2.05) is 11.6 Å². The van der Waals surface area contributed by atoms with E-state index in [4.69, 9.17) is 0 Å². The van der Waals surface area contributed by atoms with Crippen LogP contribution < -0.4 is 9.70 Å². The van der Waals surface area contributed by atoms with Crippen molar-refractivity contribution < 1.29 is 9.72 Å². The molecule has 8 heteroatoms. The van der Waals surface area contributed by atoms with E-state index in [0.717, 1.165) is 31.6 Å². The van der Waals surface area contributed by atoms with Crippen LogP contribution in [0.15, 0.2) is 34.8 Å². The molecular formula is C15H16N4O3S. The number of hydrogen-bond donors (Lipinski definition) is 0. The number of aromatic nitrogens is 1. The molecule has 1 fully saturated rings. The minimum atomic E-state index is -0.490. The fraction of sp³-hybridized carbons (Fsp3) is 0.333. The van der Waals surface area contributed by atoms with E-state index in [-0.39, 0.29) is 11.3 Å². The first-order valence-electron chi connectivity index (χ1n) is 7.29. The maximum atomic E-state index is 12.6. The van der Waals surface area contributed by atoms with Gasteiger partial charge < -0.3 is 9.47 Å². The SMILES string of the molecule is Cn1ccsc1=NC(=O)c1cc([N+](=O)[O-])ccc1N1CCCC1. The predicted molar refractivity (Wildman–Crippen MR) is 87.7 cm³/mol. The molecule has 1 aliphatic heterocycles. The molecule has 1 aromatic heterocycles. The Bertz CT molecular complexity index is 818. The van der Waals surface area contributed by atoms with Gasteiger partial charge in [0.25, 0.3) is 11.6 Å². The van der Waals surface area contributed by atoms with Crippen LogP contribution in [0.25, 0.3) is 0 Å². The molecule has 0 unspecified atom stereocenters. The minimum Gasteiger partial charge on any atom is -0.371 e. The lowest BCUT2D eigenvalue weighted by molar-refractivity contribution is -0.384. The molecule has 120 valence electrons. The summed E-state index contributed by atoms with van der Waals surface area (Å²) in [4.78, 5) is 29.9. The molecule has 3 rings (SSSR count). The van der Waals surface area contributed by atoms with Crippen LogP contribution in [-0.2, 0) is 7.05 Å². The summed E-state index contributed by atoms with van der Waals surface area (Å²) in [6, 6.07) is 4.42. The van der Waals surface area contributed by atoms with E-state index < -0.39 is 10.8 Å². The Morgan fingerprint density at radius 3 is 2.70 bits per heavy atom. The van der Waals surface area contributed by atoms with Gasteiger partial charge >= 0.3 is 0 Å². The molecule has 1 aliphatic rings. The van der Waals surface area contributed by atoms with Crippen molar-refractivity contribution in [1.29, 1.82) is 0 Å². The van der Waals surface area contributed by atoms with Crippen molar-refractivity contribution in [2.24, 2.45) is 12.0 Å². The Morgan fingerprint density at radius 1 is 1.35 bits per heavy atom. The highest BCUT2D eigenvalue weighted by molar-refractivity contribution is 7.07. The van der Waals surface area contributed by atoms with Crippen molar-refractivity contribution in [1.82, 2.24) is 4.57 Å². The van der Waals surface area contributed by atoms with Crippen molar-refractivity contribution in [2.45, 2.75) is 12.8 Å². The quantitative estimate of drug-likeness (QED) is 0.638. The van der Waals surface area contributed by atoms with Gasteiger partial charge in [0.05, 0.1) is 16.2 Å². The Morgan fingerprint density at radius 2 is 2.09 bits per heavy atom. The van der Waals surface area contributed by atoms with Gasteiger partial charge in [-0.25, -0.2) is 0 Å². The van der Waals surface area contributed by atoms with Gasteiger partial charge in [0.2, 0.25) is 0 Å². The molecule has 0 radical (unpaired) electrons. The lowest BCUT2D eigenvalue weighted by Gasteiger charge is -2.19. The smallest absolute Gasteiger partial charge is 0.282 e. The molecule has 7 nitrogen and oxygen atoms in total. The summed E-state index contributed by atoms with van der Waals surface area (Å²) in [6.45, 7) is 1.70. The molecule has 0 spiro atoms. The van der Waals surface area contributed by atoms with Gasteiger partial charge in [0, 0.05) is 43.8 Å². The number of thiazole rings is 1. The normalized spacial score (nSPS) is 15.2.